The number of hydrogen-bond donors (Lipinski definition) is 3. The third-order valence-electron chi connectivity index (χ3n) is 6.47. The zero-order chi connectivity index (χ0) is 21.8. The van der Waals surface area contributed by atoms with E-state index in [1.807, 2.05) is 0 Å². The maximum absolute atomic E-state index is 12.8. The number of rotatable bonds is 3. The molecule has 0 saturated heterocycles. The van der Waals surface area contributed by atoms with Crippen LogP contribution in [0.25, 0.3) is 5.73 Å². The fourth-order valence-corrected chi connectivity index (χ4v) is 5.29. The summed E-state index contributed by atoms with van der Waals surface area (Å²) >= 11 is 0. The summed E-state index contributed by atoms with van der Waals surface area (Å²) in [6.07, 6.45) is 1.12. The van der Waals surface area contributed by atoms with Crippen molar-refractivity contribution in [1.29, 1.82) is 0 Å². The lowest BCUT2D eigenvalue weighted by atomic mass is 9.52. The van der Waals surface area contributed by atoms with Gasteiger partial charge in [-0.3, -0.25) is 4.68 Å². The number of halogens is 3. The van der Waals surface area contributed by atoms with Gasteiger partial charge in [-0.15, -0.1) is 6.04 Å². The van der Waals surface area contributed by atoms with Crippen LogP contribution >= 0.6 is 0 Å². The van der Waals surface area contributed by atoms with E-state index in [0.29, 0.717) is 22.7 Å². The van der Waals surface area contributed by atoms with Gasteiger partial charge in [0.05, 0.1) is 23.9 Å². The smallest absolute Gasteiger partial charge is 0.433 e. The molecule has 29 heavy (non-hydrogen) atoms. The Morgan fingerprint density at radius 1 is 1.28 bits per heavy atom. The molecule has 4 bridgehead atoms. The second kappa shape index (κ2) is 7.24. The molecule has 4 fully saturated rings. The first kappa shape index (κ1) is 22.0. The maximum Gasteiger partial charge on any atom is 0.433 e. The number of alkyl halides is 3. The van der Waals surface area contributed by atoms with E-state index < -0.39 is 35.5 Å². The Bertz CT molecular complexity index is 761. The number of aliphatic hydroxyl groups excluding tert-OH is 1. The Labute approximate surface area is 166 Å². The van der Waals surface area contributed by atoms with Crippen molar-refractivity contribution < 1.29 is 33.3 Å². The quantitative estimate of drug-likeness (QED) is 0.696. The van der Waals surface area contributed by atoms with Crippen LogP contribution in [0.4, 0.5) is 13.2 Å². The van der Waals surface area contributed by atoms with Crippen molar-refractivity contribution in [2.24, 2.45) is 17.8 Å². The van der Waals surface area contributed by atoms with Crippen LogP contribution in [0.5, 0.6) is 0 Å². The number of carboxylic acids is 1. The molecule has 0 amide bonds. The van der Waals surface area contributed by atoms with Crippen LogP contribution in [0.2, 0.25) is 0 Å². The number of nitrogens with zero attached hydrogens (tertiary/aromatic N) is 2. The van der Waals surface area contributed by atoms with Gasteiger partial charge < -0.3 is 21.1 Å². The van der Waals surface area contributed by atoms with Gasteiger partial charge in [0.1, 0.15) is 5.56 Å². The van der Waals surface area contributed by atoms with Crippen LogP contribution in [0, 0.1) is 17.8 Å². The van der Waals surface area contributed by atoms with Crippen molar-refractivity contribution in [2.45, 2.75) is 69.3 Å². The van der Waals surface area contributed by atoms with E-state index in [1.165, 1.54) is 26.7 Å². The summed E-state index contributed by atoms with van der Waals surface area (Å²) in [5.41, 5.74) is 4.00. The van der Waals surface area contributed by atoms with E-state index in [2.05, 4.69) is 5.10 Å². The largest absolute Gasteiger partial charge is 0.674 e. The van der Waals surface area contributed by atoms with E-state index in [0.717, 1.165) is 25.2 Å². The topological polar surface area (TPSA) is 119 Å². The van der Waals surface area contributed by atoms with Gasteiger partial charge >= 0.3 is 12.1 Å². The zero-order valence-corrected chi connectivity index (χ0v) is 16.4. The average molecular weight is 418 g/mol. The minimum absolute atomic E-state index is 0.154. The first-order valence-corrected chi connectivity index (χ1v) is 9.71. The van der Waals surface area contributed by atoms with Crippen molar-refractivity contribution >= 4 is 5.97 Å². The molecular weight excluding hydrogens is 391 g/mol. The van der Waals surface area contributed by atoms with Gasteiger partial charge in [-0.25, -0.2) is 4.79 Å². The molecule has 4 saturated carbocycles. The minimum atomic E-state index is -4.85. The van der Waals surface area contributed by atoms with Crippen LogP contribution < -0.4 is 0 Å². The van der Waals surface area contributed by atoms with E-state index in [4.69, 9.17) is 15.9 Å². The zero-order valence-electron chi connectivity index (χ0n) is 16.4. The molecule has 10 heteroatoms. The first-order valence-electron chi connectivity index (χ1n) is 9.71. The predicted molar refractivity (Wildman–Crippen MR) is 97.2 cm³/mol. The van der Waals surface area contributed by atoms with Crippen LogP contribution in [-0.2, 0) is 11.7 Å². The molecule has 2 unspecified atom stereocenters. The Morgan fingerprint density at radius 2 is 1.83 bits per heavy atom. The lowest BCUT2D eigenvalue weighted by molar-refractivity contribution is -0.147. The lowest BCUT2D eigenvalue weighted by Crippen LogP contribution is -2.55. The van der Waals surface area contributed by atoms with Crippen molar-refractivity contribution in [3.63, 3.8) is 0 Å². The highest BCUT2D eigenvalue weighted by atomic mass is 19.4. The molecule has 0 radical (unpaired) electrons. The van der Waals surface area contributed by atoms with Gasteiger partial charge in [0.2, 0.25) is 0 Å². The fourth-order valence-electron chi connectivity index (χ4n) is 5.29. The van der Waals surface area contributed by atoms with Crippen molar-refractivity contribution in [3.05, 3.63) is 23.2 Å². The third-order valence-corrected chi connectivity index (χ3v) is 6.47. The van der Waals surface area contributed by atoms with Crippen LogP contribution in [-0.4, -0.2) is 49.3 Å². The van der Waals surface area contributed by atoms with Crippen molar-refractivity contribution in [1.82, 2.24) is 9.78 Å². The highest BCUT2D eigenvalue weighted by Crippen LogP contribution is 2.56. The van der Waals surface area contributed by atoms with Crippen LogP contribution in [0.15, 0.2) is 6.20 Å². The second-order valence-corrected chi connectivity index (χ2v) is 9.31. The second-order valence-electron chi connectivity index (χ2n) is 9.31. The molecule has 164 valence electrons. The third kappa shape index (κ3) is 4.15. The van der Waals surface area contributed by atoms with Crippen LogP contribution in [0.3, 0.4) is 0 Å². The molecule has 2 atom stereocenters. The molecule has 4 aliphatic carbocycles. The van der Waals surface area contributed by atoms with Gasteiger partial charge in [-0.05, 0) is 51.9 Å². The van der Waals surface area contributed by atoms with E-state index >= 15 is 0 Å². The summed E-state index contributed by atoms with van der Waals surface area (Å²) in [6, 6.07) is 0.154. The summed E-state index contributed by atoms with van der Waals surface area (Å²) in [7, 11) is 0. The Kier molecular flexibility index (Phi) is 5.51. The molecule has 7 nitrogen and oxygen atoms in total. The molecule has 0 aromatic carbocycles. The van der Waals surface area contributed by atoms with E-state index in [9.17, 15) is 23.1 Å². The minimum Gasteiger partial charge on any atom is -0.674 e. The van der Waals surface area contributed by atoms with Gasteiger partial charge in [-0.2, -0.15) is 18.3 Å². The molecule has 1 aromatic rings. The molecule has 5 rings (SSSR count). The molecule has 1 heterocycles. The monoisotopic (exact) mass is 418 g/mol. The standard InChI is InChI=1S/C10H16NO.C9H11F3N2O3/c11-9-7-1-6-2-8(9)5-10(12,3-6)4-7;1-8(2,4-15)14-6(9(10,11)12)5(3-13-14)7(16)17/h6-9,11-12H,1-5H2;3,15H,4H2,1-2H3,(H,16,17)/q-1;. The van der Waals surface area contributed by atoms with Crippen molar-refractivity contribution in [2.75, 3.05) is 6.61 Å². The first-order chi connectivity index (χ1) is 13.3. The Balaban J connectivity index is 0.000000174. The summed E-state index contributed by atoms with van der Waals surface area (Å²) < 4.78 is 38.8. The van der Waals surface area contributed by atoms with Crippen molar-refractivity contribution in [3.8, 4) is 0 Å². The normalized spacial score (nSPS) is 33.4. The molecule has 0 spiro atoms. The number of carbonyl (C=O) groups is 1. The average Bonchev–Trinajstić information content (AvgIpc) is 3.05. The molecule has 4 N–H and O–H groups in total. The fraction of sp³-hybridized carbons (Fsp3) is 0.789. The number of carboxylic acid groups (broad SMARTS) is 1. The SMILES string of the molecule is CC(C)(CO)n1ncc(C(=O)O)c1C(F)(F)F.[NH-]C1C2CC3CC1CC(O)(C3)C2. The summed E-state index contributed by atoms with van der Waals surface area (Å²) in [5, 5.41) is 31.2. The number of aromatic carboxylic acids is 1. The highest BCUT2D eigenvalue weighted by Gasteiger charge is 2.51. The summed E-state index contributed by atoms with van der Waals surface area (Å²) in [5.74, 6) is 0.105. The molecule has 1 aromatic heterocycles. The summed E-state index contributed by atoms with van der Waals surface area (Å²) in [6.45, 7) is 2.04. The molecule has 0 aliphatic heterocycles. The van der Waals surface area contributed by atoms with Gasteiger partial charge in [0.25, 0.3) is 0 Å². The predicted octanol–water partition coefficient (Wildman–Crippen LogP) is 3.31. The number of aromatic nitrogens is 2. The van der Waals surface area contributed by atoms with Crippen LogP contribution in [0.1, 0.15) is 62.0 Å². The number of nitrogens with one attached hydrogen (secondary N) is 1. The Hall–Kier alpha value is -1.65. The number of aliphatic hydroxyl groups is 2. The van der Waals surface area contributed by atoms with E-state index in [-0.39, 0.29) is 11.6 Å². The molecule has 4 aliphatic rings. The Morgan fingerprint density at radius 3 is 2.24 bits per heavy atom. The molecular formula is C19H27F3N3O4-. The summed E-state index contributed by atoms with van der Waals surface area (Å²) in [4.78, 5) is 10.7. The van der Waals surface area contributed by atoms with Gasteiger partial charge in [0.15, 0.2) is 5.69 Å². The van der Waals surface area contributed by atoms with E-state index in [1.54, 1.807) is 0 Å². The number of hydrogen-bond acceptors (Lipinski definition) is 4. The lowest BCUT2D eigenvalue weighted by Gasteiger charge is -2.60. The van der Waals surface area contributed by atoms with Gasteiger partial charge in [-0.1, -0.05) is 11.8 Å². The van der Waals surface area contributed by atoms with Gasteiger partial charge in [0, 0.05) is 0 Å². The maximum atomic E-state index is 12.8. The highest BCUT2D eigenvalue weighted by molar-refractivity contribution is 5.88.